The Balaban J connectivity index is 1.89. The highest BCUT2D eigenvalue weighted by atomic mass is 32.1. The molecule has 0 fully saturated rings. The Hall–Kier alpha value is -2.18. The van der Waals surface area contributed by atoms with Crippen LogP contribution in [0.15, 0.2) is 36.4 Å². The molecule has 2 aromatic rings. The zero-order valence-corrected chi connectivity index (χ0v) is 14.2. The lowest BCUT2D eigenvalue weighted by Crippen LogP contribution is -2.37. The number of ether oxygens (including phenoxy) is 1. The van der Waals surface area contributed by atoms with Crippen LogP contribution in [-0.2, 0) is 14.3 Å². The largest absolute Gasteiger partial charge is 0.374 e. The molecule has 1 atom stereocenters. The second kappa shape index (κ2) is 7.89. The van der Waals surface area contributed by atoms with Gasteiger partial charge in [-0.25, -0.2) is 0 Å². The lowest BCUT2D eigenvalue weighted by atomic mass is 10.2. The van der Waals surface area contributed by atoms with Crippen molar-refractivity contribution in [2.24, 2.45) is 0 Å². The molecule has 1 heterocycles. The Morgan fingerprint density at radius 2 is 1.96 bits per heavy atom. The zero-order chi connectivity index (χ0) is 16.8. The molecule has 0 aliphatic rings. The van der Waals surface area contributed by atoms with Crippen molar-refractivity contribution in [1.82, 2.24) is 5.32 Å². The molecule has 1 unspecified atom stereocenters. The van der Waals surface area contributed by atoms with Crippen molar-refractivity contribution in [3.8, 4) is 0 Å². The molecule has 0 saturated carbocycles. The summed E-state index contributed by atoms with van der Waals surface area (Å²) in [7, 11) is 1.58. The number of hydrogen-bond acceptors (Lipinski definition) is 4. The van der Waals surface area contributed by atoms with Gasteiger partial charge in [-0.15, -0.1) is 11.3 Å². The number of nitrogens with one attached hydrogen (secondary N) is 2. The van der Waals surface area contributed by atoms with E-state index in [4.69, 9.17) is 4.74 Å². The molecule has 2 rings (SSSR count). The topological polar surface area (TPSA) is 67.4 Å². The van der Waals surface area contributed by atoms with Gasteiger partial charge in [0.25, 0.3) is 0 Å². The first-order chi connectivity index (χ1) is 11.0. The number of hydrogen-bond donors (Lipinski definition) is 2. The van der Waals surface area contributed by atoms with Crippen molar-refractivity contribution < 1.29 is 14.3 Å². The number of aryl methyl sites for hydroxylation is 2. The van der Waals surface area contributed by atoms with E-state index in [0.717, 1.165) is 10.4 Å². The van der Waals surface area contributed by atoms with Gasteiger partial charge < -0.3 is 15.4 Å². The molecule has 1 aromatic carbocycles. The predicted molar refractivity (Wildman–Crippen MR) is 91.6 cm³/mol. The minimum atomic E-state index is -0.687. The summed E-state index contributed by atoms with van der Waals surface area (Å²) in [6.07, 6.45) is -0.260. The van der Waals surface area contributed by atoms with Gasteiger partial charge in [0.1, 0.15) is 6.10 Å². The monoisotopic (exact) mass is 332 g/mol. The standard InChI is InChI=1S/C17H20N2O3S/c1-11-5-4-6-13(9-11)19-17(21)16(20)18-10-14(22-3)15-8-7-12(2)23-15/h4-9,14H,10H2,1-3H3,(H,18,20)(H,19,21). The summed E-state index contributed by atoms with van der Waals surface area (Å²) in [6, 6.07) is 11.2. The molecule has 0 aliphatic heterocycles. The fourth-order valence-electron chi connectivity index (χ4n) is 2.10. The first-order valence-electron chi connectivity index (χ1n) is 7.24. The number of carbonyl (C=O) groups is 2. The highest BCUT2D eigenvalue weighted by molar-refractivity contribution is 7.12. The fourth-order valence-corrected chi connectivity index (χ4v) is 3.06. The van der Waals surface area contributed by atoms with Gasteiger partial charge >= 0.3 is 11.8 Å². The average Bonchev–Trinajstić information content (AvgIpc) is 2.94. The maximum absolute atomic E-state index is 11.9. The molecule has 6 heteroatoms. The van der Waals surface area contributed by atoms with Crippen LogP contribution < -0.4 is 10.6 Å². The van der Waals surface area contributed by atoms with Crippen molar-refractivity contribution in [2.75, 3.05) is 19.0 Å². The van der Waals surface area contributed by atoms with E-state index in [9.17, 15) is 9.59 Å². The van der Waals surface area contributed by atoms with Crippen LogP contribution in [0.2, 0.25) is 0 Å². The molecular weight excluding hydrogens is 312 g/mol. The van der Waals surface area contributed by atoms with E-state index >= 15 is 0 Å². The average molecular weight is 332 g/mol. The summed E-state index contributed by atoms with van der Waals surface area (Å²) < 4.78 is 5.38. The van der Waals surface area contributed by atoms with Crippen LogP contribution in [0.25, 0.3) is 0 Å². The molecular formula is C17H20N2O3S. The molecule has 0 radical (unpaired) electrons. The van der Waals surface area contributed by atoms with Crippen LogP contribution in [0.4, 0.5) is 5.69 Å². The summed E-state index contributed by atoms with van der Waals surface area (Å²) in [5.41, 5.74) is 1.61. The maximum atomic E-state index is 11.9. The van der Waals surface area contributed by atoms with E-state index in [2.05, 4.69) is 10.6 Å². The highest BCUT2D eigenvalue weighted by Gasteiger charge is 2.18. The van der Waals surface area contributed by atoms with Crippen LogP contribution >= 0.6 is 11.3 Å². The van der Waals surface area contributed by atoms with Crippen molar-refractivity contribution in [3.63, 3.8) is 0 Å². The van der Waals surface area contributed by atoms with Gasteiger partial charge in [0.2, 0.25) is 0 Å². The number of carbonyl (C=O) groups excluding carboxylic acids is 2. The molecule has 0 saturated heterocycles. The van der Waals surface area contributed by atoms with E-state index in [1.165, 1.54) is 4.88 Å². The molecule has 23 heavy (non-hydrogen) atoms. The number of benzene rings is 1. The highest BCUT2D eigenvalue weighted by Crippen LogP contribution is 2.24. The Morgan fingerprint density at radius 1 is 1.17 bits per heavy atom. The third kappa shape index (κ3) is 4.91. The van der Waals surface area contributed by atoms with E-state index in [-0.39, 0.29) is 12.6 Å². The van der Waals surface area contributed by atoms with Gasteiger partial charge in [-0.2, -0.15) is 0 Å². The van der Waals surface area contributed by atoms with Crippen LogP contribution in [-0.4, -0.2) is 25.5 Å². The van der Waals surface area contributed by atoms with Crippen molar-refractivity contribution in [2.45, 2.75) is 20.0 Å². The molecule has 2 N–H and O–H groups in total. The van der Waals surface area contributed by atoms with Gasteiger partial charge in [-0.05, 0) is 43.7 Å². The lowest BCUT2D eigenvalue weighted by molar-refractivity contribution is -0.136. The van der Waals surface area contributed by atoms with Crippen molar-refractivity contribution >= 4 is 28.8 Å². The molecule has 0 aliphatic carbocycles. The van der Waals surface area contributed by atoms with E-state index < -0.39 is 11.8 Å². The Kier molecular flexibility index (Phi) is 5.90. The van der Waals surface area contributed by atoms with Crippen LogP contribution in [0.1, 0.15) is 21.4 Å². The minimum absolute atomic E-state index is 0.247. The van der Waals surface area contributed by atoms with E-state index in [1.807, 2.05) is 38.1 Å². The first kappa shape index (κ1) is 17.2. The molecule has 2 amide bonds. The van der Waals surface area contributed by atoms with Gasteiger partial charge in [-0.3, -0.25) is 9.59 Å². The van der Waals surface area contributed by atoms with Crippen molar-refractivity contribution in [3.05, 3.63) is 51.7 Å². The Labute approximate surface area is 139 Å². The van der Waals surface area contributed by atoms with Crippen molar-refractivity contribution in [1.29, 1.82) is 0 Å². The molecule has 122 valence electrons. The van der Waals surface area contributed by atoms with Gasteiger partial charge in [-0.1, -0.05) is 12.1 Å². The van der Waals surface area contributed by atoms with Gasteiger partial charge in [0.15, 0.2) is 0 Å². The molecule has 1 aromatic heterocycles. The number of amides is 2. The summed E-state index contributed by atoms with van der Waals surface area (Å²) >= 11 is 1.61. The Morgan fingerprint density at radius 3 is 2.57 bits per heavy atom. The van der Waals surface area contributed by atoms with Crippen LogP contribution in [0.3, 0.4) is 0 Å². The molecule has 0 bridgehead atoms. The number of thiophene rings is 1. The van der Waals surface area contributed by atoms with Gasteiger partial charge in [0, 0.05) is 29.1 Å². The molecule has 5 nitrogen and oxygen atoms in total. The smallest absolute Gasteiger partial charge is 0.313 e. The number of methoxy groups -OCH3 is 1. The quantitative estimate of drug-likeness (QED) is 0.827. The minimum Gasteiger partial charge on any atom is -0.374 e. The first-order valence-corrected chi connectivity index (χ1v) is 8.06. The summed E-state index contributed by atoms with van der Waals surface area (Å²) in [6.45, 7) is 4.17. The van der Waals surface area contributed by atoms with E-state index in [0.29, 0.717) is 5.69 Å². The summed E-state index contributed by atoms with van der Waals surface area (Å²) in [4.78, 5) is 26.0. The summed E-state index contributed by atoms with van der Waals surface area (Å²) in [5, 5.41) is 5.19. The lowest BCUT2D eigenvalue weighted by Gasteiger charge is -2.14. The van der Waals surface area contributed by atoms with E-state index in [1.54, 1.807) is 30.6 Å². The SMILES string of the molecule is COC(CNC(=O)C(=O)Nc1cccc(C)c1)c1ccc(C)s1. The third-order valence-corrected chi connectivity index (χ3v) is 4.39. The second-order valence-electron chi connectivity index (χ2n) is 5.21. The fraction of sp³-hybridized carbons (Fsp3) is 0.294. The summed E-state index contributed by atoms with van der Waals surface area (Å²) in [5.74, 6) is -1.37. The van der Waals surface area contributed by atoms with Crippen LogP contribution in [0.5, 0.6) is 0 Å². The maximum Gasteiger partial charge on any atom is 0.313 e. The normalized spacial score (nSPS) is 11.8. The number of rotatable bonds is 5. The Bertz CT molecular complexity index is 697. The predicted octanol–water partition coefficient (Wildman–Crippen LogP) is 2.81. The third-order valence-electron chi connectivity index (χ3n) is 3.29. The zero-order valence-electron chi connectivity index (χ0n) is 13.4. The van der Waals surface area contributed by atoms with Crippen LogP contribution in [0, 0.1) is 13.8 Å². The number of anilines is 1. The molecule has 0 spiro atoms. The van der Waals surface area contributed by atoms with Gasteiger partial charge in [0.05, 0.1) is 0 Å². The second-order valence-corrected chi connectivity index (χ2v) is 6.53.